The van der Waals surface area contributed by atoms with Gasteiger partial charge in [0.25, 0.3) is 0 Å². The fourth-order valence-corrected chi connectivity index (χ4v) is 1.93. The van der Waals surface area contributed by atoms with Crippen LogP contribution < -0.4 is 5.32 Å². The maximum atomic E-state index is 11.9. The number of nitrogens with zero attached hydrogens (tertiary/aromatic N) is 1. The average molecular weight is 278 g/mol. The third kappa shape index (κ3) is 4.66. The Kier molecular flexibility index (Phi) is 5.70. The molecule has 1 rings (SSSR count). The van der Waals surface area contributed by atoms with Crippen molar-refractivity contribution in [1.82, 2.24) is 4.90 Å². The van der Waals surface area contributed by atoms with E-state index in [-0.39, 0.29) is 12.5 Å². The van der Waals surface area contributed by atoms with Gasteiger partial charge in [0.1, 0.15) is 0 Å². The summed E-state index contributed by atoms with van der Waals surface area (Å²) in [7, 11) is 1.74. The molecule has 1 atom stereocenters. The van der Waals surface area contributed by atoms with Gasteiger partial charge < -0.3 is 10.4 Å². The molecule has 5 heteroatoms. The monoisotopic (exact) mass is 278 g/mol. The van der Waals surface area contributed by atoms with Crippen molar-refractivity contribution in [2.45, 2.75) is 20.8 Å². The minimum atomic E-state index is -0.855. The Morgan fingerprint density at radius 1 is 1.35 bits per heavy atom. The Hall–Kier alpha value is -1.88. The van der Waals surface area contributed by atoms with Crippen molar-refractivity contribution in [3.63, 3.8) is 0 Å². The second-order valence-electron chi connectivity index (χ2n) is 5.23. The lowest BCUT2D eigenvalue weighted by atomic mass is 10.1. The maximum Gasteiger partial charge on any atom is 0.307 e. The number of benzene rings is 1. The molecule has 2 N–H and O–H groups in total. The molecule has 20 heavy (non-hydrogen) atoms. The molecule has 0 aromatic heterocycles. The van der Waals surface area contributed by atoms with Crippen LogP contribution in [0.4, 0.5) is 5.69 Å². The van der Waals surface area contributed by atoms with Gasteiger partial charge in [-0.3, -0.25) is 14.5 Å². The van der Waals surface area contributed by atoms with E-state index in [2.05, 4.69) is 5.32 Å². The molecular weight excluding hydrogens is 256 g/mol. The number of carboxylic acid groups (broad SMARTS) is 1. The van der Waals surface area contributed by atoms with Gasteiger partial charge >= 0.3 is 5.97 Å². The molecule has 0 heterocycles. The molecule has 5 nitrogen and oxygen atoms in total. The molecule has 1 aromatic carbocycles. The SMILES string of the molecule is Cc1cccc(NC(=O)CN(C)CC(C)C(=O)O)c1C. The molecule has 0 aliphatic heterocycles. The lowest BCUT2D eigenvalue weighted by molar-refractivity contribution is -0.141. The van der Waals surface area contributed by atoms with Gasteiger partial charge in [-0.1, -0.05) is 19.1 Å². The summed E-state index contributed by atoms with van der Waals surface area (Å²) in [5, 5.41) is 11.7. The van der Waals surface area contributed by atoms with Crippen molar-refractivity contribution in [2.24, 2.45) is 5.92 Å². The number of carbonyl (C=O) groups is 2. The van der Waals surface area contributed by atoms with Crippen molar-refractivity contribution >= 4 is 17.6 Å². The van der Waals surface area contributed by atoms with Crippen molar-refractivity contribution in [1.29, 1.82) is 0 Å². The molecule has 0 spiro atoms. The van der Waals surface area contributed by atoms with Gasteiger partial charge in [0.2, 0.25) is 5.91 Å². The van der Waals surface area contributed by atoms with E-state index in [0.717, 1.165) is 16.8 Å². The molecule has 0 radical (unpaired) electrons. The molecule has 1 aromatic rings. The lowest BCUT2D eigenvalue weighted by Crippen LogP contribution is -2.35. The van der Waals surface area contributed by atoms with Crippen LogP contribution in [0.15, 0.2) is 18.2 Å². The first-order chi connectivity index (χ1) is 9.31. The third-order valence-corrected chi connectivity index (χ3v) is 3.30. The molecular formula is C15H22N2O3. The van der Waals surface area contributed by atoms with Gasteiger partial charge in [-0.15, -0.1) is 0 Å². The number of aliphatic carboxylic acids is 1. The lowest BCUT2D eigenvalue weighted by Gasteiger charge is -2.19. The topological polar surface area (TPSA) is 69.6 Å². The smallest absolute Gasteiger partial charge is 0.307 e. The summed E-state index contributed by atoms with van der Waals surface area (Å²) in [5.74, 6) is -1.49. The van der Waals surface area contributed by atoms with E-state index in [1.807, 2.05) is 32.0 Å². The van der Waals surface area contributed by atoms with Crippen molar-refractivity contribution in [3.8, 4) is 0 Å². The van der Waals surface area contributed by atoms with E-state index in [1.165, 1.54) is 0 Å². The van der Waals surface area contributed by atoms with Gasteiger partial charge in [-0.05, 0) is 38.1 Å². The minimum Gasteiger partial charge on any atom is -0.481 e. The number of nitrogens with one attached hydrogen (secondary N) is 1. The fourth-order valence-electron chi connectivity index (χ4n) is 1.93. The Bertz CT molecular complexity index is 500. The number of amides is 1. The van der Waals surface area contributed by atoms with Crippen LogP contribution in [0.25, 0.3) is 0 Å². The zero-order valence-corrected chi connectivity index (χ0v) is 12.4. The molecule has 0 saturated heterocycles. The summed E-state index contributed by atoms with van der Waals surface area (Å²) in [6.45, 7) is 6.09. The number of hydrogen-bond donors (Lipinski definition) is 2. The predicted molar refractivity (Wildman–Crippen MR) is 78.8 cm³/mol. The molecule has 0 saturated carbocycles. The summed E-state index contributed by atoms with van der Waals surface area (Å²) in [6, 6.07) is 5.75. The second kappa shape index (κ2) is 7.05. The summed E-state index contributed by atoms with van der Waals surface area (Å²) in [4.78, 5) is 24.4. The number of hydrogen-bond acceptors (Lipinski definition) is 3. The van der Waals surface area contributed by atoms with Gasteiger partial charge in [-0.25, -0.2) is 0 Å². The highest BCUT2D eigenvalue weighted by Gasteiger charge is 2.15. The van der Waals surface area contributed by atoms with E-state index in [4.69, 9.17) is 5.11 Å². The second-order valence-corrected chi connectivity index (χ2v) is 5.23. The van der Waals surface area contributed by atoms with Gasteiger partial charge in [-0.2, -0.15) is 0 Å². The van der Waals surface area contributed by atoms with Crippen LogP contribution in [0.5, 0.6) is 0 Å². The molecule has 0 fully saturated rings. The summed E-state index contributed by atoms with van der Waals surface area (Å²) in [6.07, 6.45) is 0. The van der Waals surface area contributed by atoms with E-state index < -0.39 is 11.9 Å². The summed E-state index contributed by atoms with van der Waals surface area (Å²) < 4.78 is 0. The fraction of sp³-hybridized carbons (Fsp3) is 0.467. The number of carbonyl (C=O) groups excluding carboxylic acids is 1. The van der Waals surface area contributed by atoms with Crippen LogP contribution in [0.3, 0.4) is 0 Å². The molecule has 0 bridgehead atoms. The highest BCUT2D eigenvalue weighted by molar-refractivity contribution is 5.93. The first kappa shape index (κ1) is 16.2. The molecule has 0 aliphatic carbocycles. The van der Waals surface area contributed by atoms with Crippen molar-refractivity contribution in [2.75, 3.05) is 25.5 Å². The highest BCUT2D eigenvalue weighted by atomic mass is 16.4. The van der Waals surface area contributed by atoms with Crippen LogP contribution in [0.2, 0.25) is 0 Å². The standard InChI is InChI=1S/C15H22N2O3/c1-10-6-5-7-13(12(10)3)16-14(18)9-17(4)8-11(2)15(19)20/h5-7,11H,8-9H2,1-4H3,(H,16,18)(H,19,20). The van der Waals surface area contributed by atoms with E-state index >= 15 is 0 Å². The number of rotatable bonds is 6. The summed E-state index contributed by atoms with van der Waals surface area (Å²) in [5.41, 5.74) is 2.97. The van der Waals surface area contributed by atoms with Crippen LogP contribution in [0, 0.1) is 19.8 Å². The quantitative estimate of drug-likeness (QED) is 0.833. The van der Waals surface area contributed by atoms with Gasteiger partial charge in [0.05, 0.1) is 12.5 Å². The summed E-state index contributed by atoms with van der Waals surface area (Å²) >= 11 is 0. The maximum absolute atomic E-state index is 11.9. The van der Waals surface area contributed by atoms with Crippen molar-refractivity contribution < 1.29 is 14.7 Å². The van der Waals surface area contributed by atoms with E-state index in [0.29, 0.717) is 6.54 Å². The van der Waals surface area contributed by atoms with Gasteiger partial charge in [0, 0.05) is 12.2 Å². The van der Waals surface area contributed by atoms with Crippen LogP contribution in [-0.2, 0) is 9.59 Å². The highest BCUT2D eigenvalue weighted by Crippen LogP contribution is 2.17. The van der Waals surface area contributed by atoms with E-state index in [9.17, 15) is 9.59 Å². The zero-order chi connectivity index (χ0) is 15.3. The zero-order valence-electron chi connectivity index (χ0n) is 12.4. The Morgan fingerprint density at radius 3 is 2.60 bits per heavy atom. The predicted octanol–water partition coefficient (Wildman–Crippen LogP) is 1.89. The normalized spacial score (nSPS) is 12.2. The first-order valence-corrected chi connectivity index (χ1v) is 6.58. The van der Waals surface area contributed by atoms with Crippen LogP contribution in [0.1, 0.15) is 18.1 Å². The van der Waals surface area contributed by atoms with Crippen molar-refractivity contribution in [3.05, 3.63) is 29.3 Å². The largest absolute Gasteiger partial charge is 0.481 e. The number of anilines is 1. The molecule has 1 amide bonds. The van der Waals surface area contributed by atoms with Crippen LogP contribution in [-0.4, -0.2) is 42.0 Å². The Morgan fingerprint density at radius 2 is 2.00 bits per heavy atom. The first-order valence-electron chi connectivity index (χ1n) is 6.58. The van der Waals surface area contributed by atoms with Crippen LogP contribution >= 0.6 is 0 Å². The molecule has 110 valence electrons. The number of carboxylic acids is 1. The molecule has 1 unspecified atom stereocenters. The van der Waals surface area contributed by atoms with Gasteiger partial charge in [0.15, 0.2) is 0 Å². The van der Waals surface area contributed by atoms with E-state index in [1.54, 1.807) is 18.9 Å². The number of likely N-dealkylation sites (N-methyl/N-ethyl adjacent to an activating group) is 1. The number of aryl methyl sites for hydroxylation is 1. The average Bonchev–Trinajstić information content (AvgIpc) is 2.34. The minimum absolute atomic E-state index is 0.140. The Balaban J connectivity index is 2.55. The Labute approximate surface area is 119 Å². The third-order valence-electron chi connectivity index (χ3n) is 3.30. The molecule has 0 aliphatic rings.